The van der Waals surface area contributed by atoms with Crippen molar-refractivity contribution in [1.29, 1.82) is 0 Å². The maximum Gasteiger partial charge on any atom is 0.255 e. The van der Waals surface area contributed by atoms with Gasteiger partial charge >= 0.3 is 0 Å². The summed E-state index contributed by atoms with van der Waals surface area (Å²) in [5, 5.41) is 5.85. The maximum atomic E-state index is 12.8. The number of fused-ring (bicyclic) bond motifs is 1. The molecule has 3 aromatic carbocycles. The second-order valence-electron chi connectivity index (χ2n) is 8.28. The van der Waals surface area contributed by atoms with Crippen LogP contribution in [0.15, 0.2) is 72.8 Å². The standard InChI is InChI=1S/C27H29N3O2/c1-3-19(2)28-27(32)23-9-5-6-10-24(23)29-26(31)22-14-12-20(13-15-22)18-30-17-16-21-8-4-7-11-25(21)30/h4-15,19H,3,16-18H2,1-2H3,(H,28,32)(H,29,31)/t19-/m1/s1. The van der Waals surface area contributed by atoms with Crippen LogP contribution in [-0.4, -0.2) is 24.4 Å². The van der Waals surface area contributed by atoms with Gasteiger partial charge in [-0.05, 0) is 61.2 Å². The first-order valence-electron chi connectivity index (χ1n) is 11.2. The van der Waals surface area contributed by atoms with Crippen LogP contribution in [0.1, 0.15) is 52.1 Å². The zero-order valence-electron chi connectivity index (χ0n) is 18.6. The van der Waals surface area contributed by atoms with Crippen LogP contribution in [0.25, 0.3) is 0 Å². The molecule has 0 aliphatic carbocycles. The van der Waals surface area contributed by atoms with Crippen molar-refractivity contribution in [3.05, 3.63) is 95.1 Å². The van der Waals surface area contributed by atoms with Crippen LogP contribution in [0.4, 0.5) is 11.4 Å². The highest BCUT2D eigenvalue weighted by Gasteiger charge is 2.19. The van der Waals surface area contributed by atoms with E-state index in [2.05, 4.69) is 39.8 Å². The van der Waals surface area contributed by atoms with Crippen LogP contribution < -0.4 is 15.5 Å². The number of rotatable bonds is 7. The molecule has 164 valence electrons. The fourth-order valence-electron chi connectivity index (χ4n) is 3.94. The highest BCUT2D eigenvalue weighted by atomic mass is 16.2. The molecule has 0 saturated carbocycles. The molecule has 0 aromatic heterocycles. The van der Waals surface area contributed by atoms with E-state index in [9.17, 15) is 9.59 Å². The Bertz CT molecular complexity index is 1110. The zero-order chi connectivity index (χ0) is 22.5. The predicted molar refractivity (Wildman–Crippen MR) is 129 cm³/mol. The number of nitrogens with one attached hydrogen (secondary N) is 2. The van der Waals surface area contributed by atoms with Crippen molar-refractivity contribution in [2.45, 2.75) is 39.3 Å². The second kappa shape index (κ2) is 9.69. The number of anilines is 2. The number of carbonyl (C=O) groups is 2. The minimum atomic E-state index is -0.230. The molecular weight excluding hydrogens is 398 g/mol. The topological polar surface area (TPSA) is 61.4 Å². The summed E-state index contributed by atoms with van der Waals surface area (Å²) in [6.07, 6.45) is 1.91. The van der Waals surface area contributed by atoms with Crippen molar-refractivity contribution in [2.24, 2.45) is 0 Å². The molecule has 1 atom stereocenters. The maximum absolute atomic E-state index is 12.8. The quantitative estimate of drug-likeness (QED) is 0.556. The van der Waals surface area contributed by atoms with Crippen molar-refractivity contribution < 1.29 is 9.59 Å². The predicted octanol–water partition coefficient (Wildman–Crippen LogP) is 5.03. The minimum Gasteiger partial charge on any atom is -0.367 e. The van der Waals surface area contributed by atoms with E-state index in [-0.39, 0.29) is 17.9 Å². The average molecular weight is 428 g/mol. The lowest BCUT2D eigenvalue weighted by atomic mass is 10.1. The SMILES string of the molecule is CC[C@@H](C)NC(=O)c1ccccc1NC(=O)c1ccc(CN2CCc3ccccc32)cc1. The third-order valence-electron chi connectivity index (χ3n) is 5.98. The molecule has 0 fully saturated rings. The van der Waals surface area contributed by atoms with E-state index in [1.807, 2.05) is 44.2 Å². The Balaban J connectivity index is 1.42. The number of benzene rings is 3. The molecule has 1 heterocycles. The molecule has 2 amide bonds. The van der Waals surface area contributed by atoms with Gasteiger partial charge in [0.1, 0.15) is 0 Å². The molecule has 4 rings (SSSR count). The van der Waals surface area contributed by atoms with Crippen LogP contribution in [0, 0.1) is 0 Å². The van der Waals surface area contributed by atoms with Gasteiger partial charge in [-0.3, -0.25) is 9.59 Å². The number of carbonyl (C=O) groups excluding carboxylic acids is 2. The molecular formula is C27H29N3O2. The Kier molecular flexibility index (Phi) is 6.55. The van der Waals surface area contributed by atoms with Gasteiger partial charge in [-0.15, -0.1) is 0 Å². The average Bonchev–Trinajstić information content (AvgIpc) is 3.22. The van der Waals surface area contributed by atoms with Gasteiger partial charge in [-0.2, -0.15) is 0 Å². The normalized spacial score (nSPS) is 13.4. The first kappa shape index (κ1) is 21.6. The van der Waals surface area contributed by atoms with Crippen molar-refractivity contribution in [3.63, 3.8) is 0 Å². The summed E-state index contributed by atoms with van der Waals surface area (Å²) >= 11 is 0. The van der Waals surface area contributed by atoms with E-state index in [1.54, 1.807) is 18.2 Å². The van der Waals surface area contributed by atoms with Crippen molar-refractivity contribution in [2.75, 3.05) is 16.8 Å². The van der Waals surface area contributed by atoms with Crippen molar-refractivity contribution in [3.8, 4) is 0 Å². The van der Waals surface area contributed by atoms with Crippen LogP contribution in [0.2, 0.25) is 0 Å². The van der Waals surface area contributed by atoms with E-state index in [4.69, 9.17) is 0 Å². The summed E-state index contributed by atoms with van der Waals surface area (Å²) in [4.78, 5) is 27.8. The lowest BCUT2D eigenvalue weighted by Gasteiger charge is -2.19. The van der Waals surface area contributed by atoms with Crippen LogP contribution in [-0.2, 0) is 13.0 Å². The molecule has 3 aromatic rings. The van der Waals surface area contributed by atoms with Crippen molar-refractivity contribution in [1.82, 2.24) is 5.32 Å². The molecule has 0 unspecified atom stereocenters. The van der Waals surface area contributed by atoms with E-state index in [1.165, 1.54) is 11.3 Å². The summed E-state index contributed by atoms with van der Waals surface area (Å²) < 4.78 is 0. The molecule has 2 N–H and O–H groups in total. The molecule has 0 saturated heterocycles. The summed E-state index contributed by atoms with van der Waals surface area (Å²) in [5.74, 6) is -0.414. The fraction of sp³-hybridized carbons (Fsp3) is 0.259. The number of amides is 2. The Morgan fingerprint density at radius 1 is 0.938 bits per heavy atom. The zero-order valence-corrected chi connectivity index (χ0v) is 18.6. The van der Waals surface area contributed by atoms with E-state index < -0.39 is 0 Å². The first-order valence-corrected chi connectivity index (χ1v) is 11.2. The lowest BCUT2D eigenvalue weighted by Crippen LogP contribution is -2.32. The number of hydrogen-bond donors (Lipinski definition) is 2. The summed E-state index contributed by atoms with van der Waals surface area (Å²) in [5.41, 5.74) is 5.38. The molecule has 5 heteroatoms. The minimum absolute atomic E-state index is 0.0707. The highest BCUT2D eigenvalue weighted by Crippen LogP contribution is 2.28. The van der Waals surface area contributed by atoms with Gasteiger partial charge in [0.2, 0.25) is 0 Å². The largest absolute Gasteiger partial charge is 0.367 e. The Morgan fingerprint density at radius 2 is 1.66 bits per heavy atom. The monoisotopic (exact) mass is 427 g/mol. The van der Waals surface area contributed by atoms with E-state index in [0.29, 0.717) is 16.8 Å². The van der Waals surface area contributed by atoms with Crippen molar-refractivity contribution >= 4 is 23.2 Å². The summed E-state index contributed by atoms with van der Waals surface area (Å²) in [6.45, 7) is 5.81. The Hall–Kier alpha value is -3.60. The Morgan fingerprint density at radius 3 is 2.44 bits per heavy atom. The third kappa shape index (κ3) is 4.83. The van der Waals surface area contributed by atoms with Crippen LogP contribution >= 0.6 is 0 Å². The lowest BCUT2D eigenvalue weighted by molar-refractivity contribution is 0.0940. The van der Waals surface area contributed by atoms with Gasteiger partial charge < -0.3 is 15.5 Å². The number of hydrogen-bond acceptors (Lipinski definition) is 3. The molecule has 0 bridgehead atoms. The van der Waals surface area contributed by atoms with Gasteiger partial charge in [0.25, 0.3) is 11.8 Å². The first-order chi connectivity index (χ1) is 15.5. The molecule has 1 aliphatic heterocycles. The van der Waals surface area contributed by atoms with Gasteiger partial charge in [-0.25, -0.2) is 0 Å². The van der Waals surface area contributed by atoms with Crippen LogP contribution in [0.3, 0.4) is 0 Å². The molecule has 0 spiro atoms. The van der Waals surface area contributed by atoms with E-state index >= 15 is 0 Å². The second-order valence-corrected chi connectivity index (χ2v) is 8.28. The van der Waals surface area contributed by atoms with Crippen LogP contribution in [0.5, 0.6) is 0 Å². The number of nitrogens with zero attached hydrogens (tertiary/aromatic N) is 1. The van der Waals surface area contributed by atoms with Gasteiger partial charge in [0.05, 0.1) is 11.3 Å². The number of para-hydroxylation sites is 2. The van der Waals surface area contributed by atoms with Gasteiger partial charge in [0, 0.05) is 30.4 Å². The molecule has 1 aliphatic rings. The molecule has 5 nitrogen and oxygen atoms in total. The Labute approximate surface area is 189 Å². The fourth-order valence-corrected chi connectivity index (χ4v) is 3.94. The highest BCUT2D eigenvalue weighted by molar-refractivity contribution is 6.09. The summed E-state index contributed by atoms with van der Waals surface area (Å²) in [6, 6.07) is 23.3. The molecule has 0 radical (unpaired) electrons. The van der Waals surface area contributed by atoms with E-state index in [0.717, 1.165) is 31.5 Å². The summed E-state index contributed by atoms with van der Waals surface area (Å²) in [7, 11) is 0. The molecule has 32 heavy (non-hydrogen) atoms. The smallest absolute Gasteiger partial charge is 0.255 e. The van der Waals surface area contributed by atoms with Gasteiger partial charge in [-0.1, -0.05) is 49.4 Å². The van der Waals surface area contributed by atoms with Gasteiger partial charge in [0.15, 0.2) is 0 Å². The third-order valence-corrected chi connectivity index (χ3v) is 5.98.